The molecule has 2 saturated heterocycles. The van der Waals surface area contributed by atoms with Gasteiger partial charge in [-0.1, -0.05) is 0 Å². The normalized spacial score (nSPS) is 21.2. The Balaban J connectivity index is 1.44. The van der Waals surface area contributed by atoms with Gasteiger partial charge in [0.05, 0.1) is 28.8 Å². The quantitative estimate of drug-likeness (QED) is 0.696. The summed E-state index contributed by atoms with van der Waals surface area (Å²) in [5, 5.41) is 13.3. The number of aromatic nitrogens is 2. The summed E-state index contributed by atoms with van der Waals surface area (Å²) in [5.41, 5.74) is 5.40. The number of aryl methyl sites for hydroxylation is 1. The maximum absolute atomic E-state index is 13.4. The number of carbonyl (C=O) groups excluding carboxylic acids is 2. The van der Waals surface area contributed by atoms with Crippen molar-refractivity contribution < 1.29 is 22.8 Å². The van der Waals surface area contributed by atoms with Crippen LogP contribution in [0.25, 0.3) is 0 Å². The van der Waals surface area contributed by atoms with Gasteiger partial charge in [0.25, 0.3) is 0 Å². The van der Waals surface area contributed by atoms with Gasteiger partial charge in [-0.15, -0.1) is 0 Å². The van der Waals surface area contributed by atoms with Crippen molar-refractivity contribution in [3.8, 4) is 6.07 Å². The summed E-state index contributed by atoms with van der Waals surface area (Å²) < 4.78 is 41.9. The first-order chi connectivity index (χ1) is 16.6. The molecule has 2 aliphatic heterocycles. The predicted octanol–water partition coefficient (Wildman–Crippen LogP) is 2.56. The second kappa shape index (κ2) is 9.60. The van der Waals surface area contributed by atoms with Crippen molar-refractivity contribution in [3.63, 3.8) is 0 Å². The number of nitrogens with two attached hydrogens (primary N) is 1. The maximum Gasteiger partial charge on any atom is 0.417 e. The number of nitrogens with zero attached hydrogens (tertiary/aromatic N) is 5. The summed E-state index contributed by atoms with van der Waals surface area (Å²) in [7, 11) is 0. The SMILES string of the molecule is Cc1ccn(CC(=O)N2CCC([C@@H]3CN(c4ccc(C#N)c(C(F)(F)F)c4)C[C@H]3C(N)=O)CC2)n1. The highest BCUT2D eigenvalue weighted by Crippen LogP contribution is 2.40. The van der Waals surface area contributed by atoms with Gasteiger partial charge in [-0.2, -0.15) is 23.5 Å². The molecule has 2 amide bonds. The van der Waals surface area contributed by atoms with Gasteiger partial charge in [0.1, 0.15) is 6.54 Å². The molecule has 2 N–H and O–H groups in total. The van der Waals surface area contributed by atoms with Crippen LogP contribution in [0.1, 0.15) is 29.7 Å². The summed E-state index contributed by atoms with van der Waals surface area (Å²) >= 11 is 0. The molecule has 2 aromatic rings. The molecule has 0 spiro atoms. The predicted molar refractivity (Wildman–Crippen MR) is 121 cm³/mol. The van der Waals surface area contributed by atoms with Crippen molar-refractivity contribution in [1.29, 1.82) is 5.26 Å². The fourth-order valence-corrected chi connectivity index (χ4v) is 5.25. The molecule has 2 atom stereocenters. The topological polar surface area (TPSA) is 108 Å². The van der Waals surface area contributed by atoms with Crippen LogP contribution < -0.4 is 10.6 Å². The van der Waals surface area contributed by atoms with Crippen LogP contribution in [-0.2, 0) is 22.3 Å². The Morgan fingerprint density at radius 1 is 1.20 bits per heavy atom. The number of amides is 2. The van der Waals surface area contributed by atoms with E-state index in [1.807, 2.05) is 13.0 Å². The van der Waals surface area contributed by atoms with Gasteiger partial charge in [0.2, 0.25) is 11.8 Å². The minimum absolute atomic E-state index is 0.0247. The molecule has 0 radical (unpaired) electrons. The van der Waals surface area contributed by atoms with E-state index < -0.39 is 29.1 Å². The first-order valence-electron chi connectivity index (χ1n) is 11.5. The molecule has 1 aromatic heterocycles. The summed E-state index contributed by atoms with van der Waals surface area (Å²) in [6, 6.07) is 7.03. The van der Waals surface area contributed by atoms with Gasteiger partial charge in [-0.25, -0.2) is 0 Å². The molecular weight excluding hydrogens is 461 g/mol. The first kappa shape index (κ1) is 24.6. The van der Waals surface area contributed by atoms with E-state index in [-0.39, 0.29) is 30.8 Å². The van der Waals surface area contributed by atoms with E-state index in [9.17, 15) is 22.8 Å². The van der Waals surface area contributed by atoms with Crippen molar-refractivity contribution in [1.82, 2.24) is 14.7 Å². The van der Waals surface area contributed by atoms with Crippen molar-refractivity contribution in [2.75, 3.05) is 31.1 Å². The lowest BCUT2D eigenvalue weighted by atomic mass is 9.78. The van der Waals surface area contributed by atoms with Gasteiger partial charge in [0.15, 0.2) is 0 Å². The monoisotopic (exact) mass is 488 g/mol. The van der Waals surface area contributed by atoms with Crippen LogP contribution in [0, 0.1) is 36.0 Å². The standard InChI is InChI=1S/C24H27F3N6O2/c1-15-4-9-33(30-15)14-22(34)31-7-5-16(6-8-31)19-12-32(13-20(19)23(29)35)18-3-2-17(11-28)21(10-18)24(25,26)27/h2-4,9-10,16,19-20H,5-8,12-14H2,1H3,(H2,29,35)/t19-,20+/m0/s1. The molecular formula is C24H27F3N6O2. The van der Waals surface area contributed by atoms with E-state index in [0.717, 1.165) is 17.8 Å². The van der Waals surface area contributed by atoms with Crippen LogP contribution in [-0.4, -0.2) is 52.7 Å². The molecule has 0 unspecified atom stereocenters. The van der Waals surface area contributed by atoms with E-state index in [1.165, 1.54) is 6.07 Å². The van der Waals surface area contributed by atoms with E-state index >= 15 is 0 Å². The molecule has 0 aliphatic carbocycles. The molecule has 2 fully saturated rings. The Kier molecular flexibility index (Phi) is 6.74. The highest BCUT2D eigenvalue weighted by atomic mass is 19.4. The number of halogens is 3. The van der Waals surface area contributed by atoms with Gasteiger partial charge >= 0.3 is 6.18 Å². The molecule has 3 heterocycles. The van der Waals surface area contributed by atoms with E-state index in [2.05, 4.69) is 5.10 Å². The number of piperidine rings is 1. The largest absolute Gasteiger partial charge is 0.417 e. The fourth-order valence-electron chi connectivity index (χ4n) is 5.25. The Bertz CT molecular complexity index is 1150. The molecule has 8 nitrogen and oxygen atoms in total. The minimum Gasteiger partial charge on any atom is -0.370 e. The van der Waals surface area contributed by atoms with Crippen molar-refractivity contribution in [2.45, 2.75) is 32.5 Å². The van der Waals surface area contributed by atoms with Crippen LogP contribution >= 0.6 is 0 Å². The maximum atomic E-state index is 13.4. The number of carbonyl (C=O) groups is 2. The lowest BCUT2D eigenvalue weighted by Crippen LogP contribution is -2.43. The Morgan fingerprint density at radius 3 is 2.49 bits per heavy atom. The number of rotatable bonds is 5. The molecule has 0 saturated carbocycles. The average Bonchev–Trinajstić information content (AvgIpc) is 3.44. The molecule has 4 rings (SSSR count). The lowest BCUT2D eigenvalue weighted by molar-refractivity contribution is -0.137. The summed E-state index contributed by atoms with van der Waals surface area (Å²) in [4.78, 5) is 28.4. The van der Waals surface area contributed by atoms with Gasteiger partial charge < -0.3 is 15.5 Å². The number of alkyl halides is 3. The number of likely N-dealkylation sites (tertiary alicyclic amines) is 1. The van der Waals surface area contributed by atoms with E-state index in [0.29, 0.717) is 38.2 Å². The number of hydrogen-bond donors (Lipinski definition) is 1. The van der Waals surface area contributed by atoms with Crippen LogP contribution in [0.15, 0.2) is 30.5 Å². The zero-order valence-electron chi connectivity index (χ0n) is 19.3. The number of anilines is 1. The summed E-state index contributed by atoms with van der Waals surface area (Å²) in [6.45, 7) is 3.72. The number of benzene rings is 1. The third-order valence-electron chi connectivity index (χ3n) is 7.09. The van der Waals surface area contributed by atoms with E-state index in [4.69, 9.17) is 11.0 Å². The number of primary amides is 1. The minimum atomic E-state index is -4.66. The molecule has 2 aliphatic rings. The molecule has 186 valence electrons. The molecule has 0 bridgehead atoms. The highest BCUT2D eigenvalue weighted by Gasteiger charge is 2.43. The lowest BCUT2D eigenvalue weighted by Gasteiger charge is -2.36. The van der Waals surface area contributed by atoms with Crippen LogP contribution in [0.5, 0.6) is 0 Å². The van der Waals surface area contributed by atoms with E-state index in [1.54, 1.807) is 26.7 Å². The van der Waals surface area contributed by atoms with Gasteiger partial charge in [0, 0.05) is 38.1 Å². The highest BCUT2D eigenvalue weighted by molar-refractivity contribution is 5.79. The zero-order chi connectivity index (χ0) is 25.3. The second-order valence-electron chi connectivity index (χ2n) is 9.29. The van der Waals surface area contributed by atoms with Crippen molar-refractivity contribution in [3.05, 3.63) is 47.3 Å². The van der Waals surface area contributed by atoms with Crippen LogP contribution in [0.2, 0.25) is 0 Å². The average molecular weight is 489 g/mol. The Labute approximate surface area is 201 Å². The third kappa shape index (κ3) is 5.26. The van der Waals surface area contributed by atoms with Crippen LogP contribution in [0.4, 0.5) is 18.9 Å². The first-order valence-corrected chi connectivity index (χ1v) is 11.5. The third-order valence-corrected chi connectivity index (χ3v) is 7.09. The number of hydrogen-bond acceptors (Lipinski definition) is 5. The second-order valence-corrected chi connectivity index (χ2v) is 9.29. The summed E-state index contributed by atoms with van der Waals surface area (Å²) in [6.07, 6.45) is -1.52. The van der Waals surface area contributed by atoms with Crippen molar-refractivity contribution in [2.24, 2.45) is 23.5 Å². The van der Waals surface area contributed by atoms with Crippen LogP contribution in [0.3, 0.4) is 0 Å². The van der Waals surface area contributed by atoms with Crippen molar-refractivity contribution >= 4 is 17.5 Å². The zero-order valence-corrected chi connectivity index (χ0v) is 19.3. The summed E-state index contributed by atoms with van der Waals surface area (Å²) in [5.74, 6) is -1.00. The number of nitriles is 1. The Hall–Kier alpha value is -3.55. The smallest absolute Gasteiger partial charge is 0.370 e. The molecule has 1 aromatic carbocycles. The molecule has 35 heavy (non-hydrogen) atoms. The van der Waals surface area contributed by atoms with Gasteiger partial charge in [-0.3, -0.25) is 14.3 Å². The molecule has 11 heteroatoms. The fraction of sp³-hybridized carbons (Fsp3) is 0.500. The Morgan fingerprint density at radius 2 is 1.91 bits per heavy atom. The van der Waals surface area contributed by atoms with Gasteiger partial charge in [-0.05, 0) is 55.9 Å².